The summed E-state index contributed by atoms with van der Waals surface area (Å²) in [6.45, 7) is 5.14. The van der Waals surface area contributed by atoms with E-state index in [1.165, 1.54) is 0 Å². The number of nitrogens with one attached hydrogen (secondary N) is 2. The number of hydrogen-bond donors (Lipinski definition) is 2. The van der Waals surface area contributed by atoms with Gasteiger partial charge in [0.25, 0.3) is 0 Å². The predicted molar refractivity (Wildman–Crippen MR) is 51.2 cm³/mol. The number of aromatic nitrogens is 2. The molecule has 0 amide bonds. The summed E-state index contributed by atoms with van der Waals surface area (Å²) in [5, 5.41) is 6.52. The topological polar surface area (TPSA) is 49.8 Å². The SMILES string of the molecule is CC(C)[C@@H]1NCNc2nccnc21. The van der Waals surface area contributed by atoms with Gasteiger partial charge in [0.1, 0.15) is 5.82 Å². The molecule has 0 unspecified atom stereocenters. The fourth-order valence-corrected chi connectivity index (χ4v) is 1.61. The molecule has 1 aliphatic heterocycles. The minimum absolute atomic E-state index is 0.324. The van der Waals surface area contributed by atoms with Gasteiger partial charge < -0.3 is 5.32 Å². The largest absolute Gasteiger partial charge is 0.356 e. The van der Waals surface area contributed by atoms with Crippen molar-refractivity contribution in [1.29, 1.82) is 0 Å². The van der Waals surface area contributed by atoms with Crippen molar-refractivity contribution in [3.05, 3.63) is 18.1 Å². The summed E-state index contributed by atoms with van der Waals surface area (Å²) in [6, 6.07) is 0.324. The molecule has 0 saturated heterocycles. The van der Waals surface area contributed by atoms with E-state index in [4.69, 9.17) is 0 Å². The number of hydrogen-bond acceptors (Lipinski definition) is 4. The number of fused-ring (bicyclic) bond motifs is 1. The van der Waals surface area contributed by atoms with Gasteiger partial charge in [-0.15, -0.1) is 0 Å². The molecular weight excluding hydrogens is 164 g/mol. The molecule has 1 aliphatic rings. The van der Waals surface area contributed by atoms with Gasteiger partial charge in [-0.1, -0.05) is 13.8 Å². The first kappa shape index (κ1) is 8.44. The Morgan fingerprint density at radius 3 is 2.92 bits per heavy atom. The van der Waals surface area contributed by atoms with Gasteiger partial charge >= 0.3 is 0 Å². The summed E-state index contributed by atoms with van der Waals surface area (Å²) in [5.41, 5.74) is 1.03. The van der Waals surface area contributed by atoms with E-state index in [2.05, 4.69) is 34.4 Å². The lowest BCUT2D eigenvalue weighted by Gasteiger charge is -2.28. The molecule has 2 N–H and O–H groups in total. The second-order valence-corrected chi connectivity index (χ2v) is 3.57. The molecule has 2 heterocycles. The first-order chi connectivity index (χ1) is 6.29. The standard InChI is InChI=1S/C9H14N4/c1-6(2)7-8-9(13-5-12-7)11-4-3-10-8/h3-4,6-7,12H,5H2,1-2H3,(H,11,13)/t7-/m0/s1. The Morgan fingerprint density at radius 2 is 2.15 bits per heavy atom. The van der Waals surface area contributed by atoms with Crippen molar-refractivity contribution in [2.45, 2.75) is 19.9 Å². The zero-order valence-electron chi connectivity index (χ0n) is 7.91. The molecule has 0 aromatic carbocycles. The van der Waals surface area contributed by atoms with E-state index in [1.54, 1.807) is 12.4 Å². The van der Waals surface area contributed by atoms with Gasteiger partial charge in [0.2, 0.25) is 0 Å². The predicted octanol–water partition coefficient (Wildman–Crippen LogP) is 1.15. The van der Waals surface area contributed by atoms with Crippen LogP contribution >= 0.6 is 0 Å². The Balaban J connectivity index is 2.37. The van der Waals surface area contributed by atoms with Crippen molar-refractivity contribution in [1.82, 2.24) is 15.3 Å². The summed E-state index contributed by atoms with van der Waals surface area (Å²) >= 11 is 0. The highest BCUT2D eigenvalue weighted by Crippen LogP contribution is 2.26. The highest BCUT2D eigenvalue weighted by atomic mass is 15.2. The Hall–Kier alpha value is -1.16. The minimum atomic E-state index is 0.324. The second kappa shape index (κ2) is 3.30. The quantitative estimate of drug-likeness (QED) is 0.677. The molecule has 1 aromatic heterocycles. The lowest BCUT2D eigenvalue weighted by atomic mass is 10.00. The van der Waals surface area contributed by atoms with Crippen LogP contribution in [0.2, 0.25) is 0 Å². The Labute approximate surface area is 77.8 Å². The molecule has 0 spiro atoms. The maximum atomic E-state index is 4.33. The Bertz CT molecular complexity index is 297. The molecule has 13 heavy (non-hydrogen) atoms. The molecule has 4 nitrogen and oxygen atoms in total. The highest BCUT2D eigenvalue weighted by molar-refractivity contribution is 5.43. The van der Waals surface area contributed by atoms with E-state index in [1.807, 2.05) is 0 Å². The van der Waals surface area contributed by atoms with Crippen LogP contribution < -0.4 is 10.6 Å². The third kappa shape index (κ3) is 1.49. The zero-order chi connectivity index (χ0) is 9.26. The van der Waals surface area contributed by atoms with Gasteiger partial charge in [-0.05, 0) is 5.92 Å². The van der Waals surface area contributed by atoms with Crippen LogP contribution in [0.15, 0.2) is 12.4 Å². The van der Waals surface area contributed by atoms with Gasteiger partial charge in [0.05, 0.1) is 18.4 Å². The smallest absolute Gasteiger partial charge is 0.150 e. The fourth-order valence-electron chi connectivity index (χ4n) is 1.61. The van der Waals surface area contributed by atoms with Crippen LogP contribution in [0.25, 0.3) is 0 Å². The molecule has 0 bridgehead atoms. The van der Waals surface area contributed by atoms with Crippen LogP contribution in [-0.2, 0) is 0 Å². The van der Waals surface area contributed by atoms with E-state index < -0.39 is 0 Å². The van der Waals surface area contributed by atoms with Crippen molar-refractivity contribution in [2.24, 2.45) is 5.92 Å². The van der Waals surface area contributed by atoms with E-state index in [9.17, 15) is 0 Å². The Morgan fingerprint density at radius 1 is 1.38 bits per heavy atom. The molecule has 0 radical (unpaired) electrons. The number of anilines is 1. The fraction of sp³-hybridized carbons (Fsp3) is 0.556. The maximum absolute atomic E-state index is 4.33. The van der Waals surface area contributed by atoms with E-state index >= 15 is 0 Å². The molecule has 0 saturated carbocycles. The van der Waals surface area contributed by atoms with Crippen molar-refractivity contribution in [3.8, 4) is 0 Å². The van der Waals surface area contributed by atoms with E-state index in [0.717, 1.165) is 18.2 Å². The highest BCUT2D eigenvalue weighted by Gasteiger charge is 2.23. The third-order valence-corrected chi connectivity index (χ3v) is 2.27. The third-order valence-electron chi connectivity index (χ3n) is 2.27. The van der Waals surface area contributed by atoms with Crippen LogP contribution in [0.1, 0.15) is 25.6 Å². The molecular formula is C9H14N4. The van der Waals surface area contributed by atoms with Crippen molar-refractivity contribution in [2.75, 3.05) is 12.0 Å². The maximum Gasteiger partial charge on any atom is 0.150 e. The lowest BCUT2D eigenvalue weighted by molar-refractivity contribution is 0.403. The summed E-state index contributed by atoms with van der Waals surface area (Å²) in [5.74, 6) is 1.46. The van der Waals surface area contributed by atoms with Crippen LogP contribution in [-0.4, -0.2) is 16.6 Å². The normalized spacial score (nSPS) is 21.0. The van der Waals surface area contributed by atoms with Crippen molar-refractivity contribution >= 4 is 5.82 Å². The van der Waals surface area contributed by atoms with Crippen LogP contribution in [0.5, 0.6) is 0 Å². The molecule has 0 aliphatic carbocycles. The van der Waals surface area contributed by atoms with Crippen LogP contribution in [0.3, 0.4) is 0 Å². The molecule has 0 fully saturated rings. The van der Waals surface area contributed by atoms with Gasteiger partial charge in [0, 0.05) is 12.4 Å². The number of rotatable bonds is 1. The minimum Gasteiger partial charge on any atom is -0.356 e. The summed E-state index contributed by atoms with van der Waals surface area (Å²) in [7, 11) is 0. The van der Waals surface area contributed by atoms with Gasteiger partial charge in [-0.3, -0.25) is 10.3 Å². The lowest BCUT2D eigenvalue weighted by Crippen LogP contribution is -2.36. The Kier molecular flexibility index (Phi) is 2.14. The molecule has 1 aromatic rings. The summed E-state index contributed by atoms with van der Waals surface area (Å²) in [6.07, 6.45) is 3.46. The molecule has 2 rings (SSSR count). The van der Waals surface area contributed by atoms with Gasteiger partial charge in [-0.2, -0.15) is 0 Å². The summed E-state index contributed by atoms with van der Waals surface area (Å²) < 4.78 is 0. The first-order valence-electron chi connectivity index (χ1n) is 4.57. The van der Waals surface area contributed by atoms with Gasteiger partial charge in [0.15, 0.2) is 0 Å². The van der Waals surface area contributed by atoms with Crippen molar-refractivity contribution < 1.29 is 0 Å². The van der Waals surface area contributed by atoms with E-state index in [-0.39, 0.29) is 0 Å². The summed E-state index contributed by atoms with van der Waals surface area (Å²) in [4.78, 5) is 8.57. The molecule has 70 valence electrons. The van der Waals surface area contributed by atoms with Crippen molar-refractivity contribution in [3.63, 3.8) is 0 Å². The van der Waals surface area contributed by atoms with Crippen LogP contribution in [0, 0.1) is 5.92 Å². The zero-order valence-corrected chi connectivity index (χ0v) is 7.91. The monoisotopic (exact) mass is 178 g/mol. The number of nitrogens with zero attached hydrogens (tertiary/aromatic N) is 2. The second-order valence-electron chi connectivity index (χ2n) is 3.57. The first-order valence-corrected chi connectivity index (χ1v) is 4.57. The molecule has 4 heteroatoms. The van der Waals surface area contributed by atoms with Crippen LogP contribution in [0.4, 0.5) is 5.82 Å². The van der Waals surface area contributed by atoms with E-state index in [0.29, 0.717) is 12.0 Å². The average molecular weight is 178 g/mol. The average Bonchev–Trinajstić information content (AvgIpc) is 2.17. The molecule has 1 atom stereocenters. The van der Waals surface area contributed by atoms with Gasteiger partial charge in [-0.25, -0.2) is 4.98 Å².